The van der Waals surface area contributed by atoms with Crippen LogP contribution in [0.3, 0.4) is 0 Å². The zero-order chi connectivity index (χ0) is 14.9. The van der Waals surface area contributed by atoms with Gasteiger partial charge < -0.3 is 5.32 Å². The molecule has 1 heteroatoms. The van der Waals surface area contributed by atoms with Gasteiger partial charge in [0.2, 0.25) is 0 Å². The Morgan fingerprint density at radius 3 is 1.43 bits per heavy atom. The smallest absolute Gasteiger partial charge is 0.0293 e. The molecule has 0 aromatic heterocycles. The molecule has 2 aromatic carbocycles. The molecule has 0 aliphatic heterocycles. The van der Waals surface area contributed by atoms with Crippen molar-refractivity contribution in [3.8, 4) is 0 Å². The quantitative estimate of drug-likeness (QED) is 0.714. The van der Waals surface area contributed by atoms with E-state index >= 15 is 0 Å². The van der Waals surface area contributed by atoms with Gasteiger partial charge in [-0.2, -0.15) is 0 Å². The second-order valence-electron chi connectivity index (χ2n) is 5.23. The van der Waals surface area contributed by atoms with E-state index in [1.165, 1.54) is 11.1 Å². The van der Waals surface area contributed by atoms with Crippen LogP contribution in [0.2, 0.25) is 0 Å². The average molecular weight is 277 g/mol. The predicted octanol–water partition coefficient (Wildman–Crippen LogP) is 4.17. The lowest BCUT2D eigenvalue weighted by molar-refractivity contribution is 0.524. The lowest BCUT2D eigenvalue weighted by atomic mass is 10.0. The molecule has 108 valence electrons. The summed E-state index contributed by atoms with van der Waals surface area (Å²) in [4.78, 5) is 0. The Balaban J connectivity index is 1.95. The third-order valence-corrected chi connectivity index (χ3v) is 3.59. The molecule has 0 bridgehead atoms. The lowest BCUT2D eigenvalue weighted by Crippen LogP contribution is -2.38. The van der Waals surface area contributed by atoms with Crippen molar-refractivity contribution < 1.29 is 0 Å². The Bertz CT molecular complexity index is 493. The Labute approximate surface area is 128 Å². The van der Waals surface area contributed by atoms with Crippen LogP contribution in [-0.4, -0.2) is 12.1 Å². The predicted molar refractivity (Wildman–Crippen MR) is 91.4 cm³/mol. The van der Waals surface area contributed by atoms with Crippen molar-refractivity contribution in [3.05, 3.63) is 97.1 Å². The van der Waals surface area contributed by atoms with E-state index in [0.29, 0.717) is 0 Å². The molecule has 0 aliphatic carbocycles. The van der Waals surface area contributed by atoms with Gasteiger partial charge in [-0.15, -0.1) is 13.2 Å². The fraction of sp³-hybridized carbons (Fsp3) is 0.200. The molecule has 0 aliphatic rings. The van der Waals surface area contributed by atoms with Gasteiger partial charge in [-0.3, -0.25) is 0 Å². The number of rotatable bonds is 8. The Kier molecular flexibility index (Phi) is 5.99. The van der Waals surface area contributed by atoms with Gasteiger partial charge >= 0.3 is 0 Å². The summed E-state index contributed by atoms with van der Waals surface area (Å²) in [6.45, 7) is 7.91. The van der Waals surface area contributed by atoms with E-state index in [0.717, 1.165) is 12.8 Å². The molecule has 0 amide bonds. The molecule has 1 N–H and O–H groups in total. The second-order valence-corrected chi connectivity index (χ2v) is 5.23. The van der Waals surface area contributed by atoms with Crippen LogP contribution in [0.15, 0.2) is 86.0 Å². The van der Waals surface area contributed by atoms with Crippen molar-refractivity contribution in [2.75, 3.05) is 0 Å². The molecule has 0 saturated heterocycles. The molecule has 21 heavy (non-hydrogen) atoms. The highest BCUT2D eigenvalue weighted by Crippen LogP contribution is 2.08. The summed E-state index contributed by atoms with van der Waals surface area (Å²) in [5, 5.41) is 3.61. The fourth-order valence-electron chi connectivity index (χ4n) is 2.43. The maximum absolute atomic E-state index is 3.95. The summed E-state index contributed by atoms with van der Waals surface area (Å²) in [5.41, 5.74) is 2.63. The number of hydrogen-bond donors (Lipinski definition) is 1. The molecular weight excluding hydrogens is 254 g/mol. The number of hydrogen-bond acceptors (Lipinski definition) is 1. The normalized spacial score (nSPS) is 13.3. The van der Waals surface area contributed by atoms with Gasteiger partial charge in [0.05, 0.1) is 0 Å². The summed E-state index contributed by atoms with van der Waals surface area (Å²) in [5.74, 6) is 0. The van der Waals surface area contributed by atoms with Gasteiger partial charge in [0, 0.05) is 12.1 Å². The van der Waals surface area contributed by atoms with E-state index in [-0.39, 0.29) is 12.1 Å². The highest BCUT2D eigenvalue weighted by Gasteiger charge is 2.11. The summed E-state index contributed by atoms with van der Waals surface area (Å²) < 4.78 is 0. The van der Waals surface area contributed by atoms with Crippen molar-refractivity contribution in [1.82, 2.24) is 5.32 Å². The monoisotopic (exact) mass is 277 g/mol. The SMILES string of the molecule is C=CC(Cc1ccccc1)NC(C=C)Cc1ccccc1. The standard InChI is InChI=1S/C20H23N/c1-3-19(15-17-11-7-5-8-12-17)21-20(4-2)16-18-13-9-6-10-14-18/h3-14,19-21H,1-2,15-16H2. The molecular formula is C20H23N. The molecule has 1 nitrogen and oxygen atoms in total. The summed E-state index contributed by atoms with van der Waals surface area (Å²) in [7, 11) is 0. The minimum atomic E-state index is 0.249. The fourth-order valence-corrected chi connectivity index (χ4v) is 2.43. The van der Waals surface area contributed by atoms with Gasteiger partial charge in [-0.05, 0) is 24.0 Å². The summed E-state index contributed by atoms with van der Waals surface area (Å²) in [6, 6.07) is 21.5. The molecule has 0 fully saturated rings. The average Bonchev–Trinajstić information content (AvgIpc) is 2.55. The van der Waals surface area contributed by atoms with Gasteiger partial charge in [0.1, 0.15) is 0 Å². The molecule has 0 spiro atoms. The van der Waals surface area contributed by atoms with Crippen LogP contribution < -0.4 is 5.32 Å². The minimum absolute atomic E-state index is 0.249. The topological polar surface area (TPSA) is 12.0 Å². The summed E-state index contributed by atoms with van der Waals surface area (Å²) in [6.07, 6.45) is 5.86. The van der Waals surface area contributed by atoms with Crippen molar-refractivity contribution >= 4 is 0 Å². The maximum atomic E-state index is 3.95. The molecule has 2 rings (SSSR count). The van der Waals surface area contributed by atoms with Crippen LogP contribution in [0.1, 0.15) is 11.1 Å². The van der Waals surface area contributed by atoms with E-state index in [2.05, 4.69) is 67.0 Å². The number of nitrogens with one attached hydrogen (secondary N) is 1. The van der Waals surface area contributed by atoms with Gasteiger partial charge in [-0.1, -0.05) is 72.8 Å². The van der Waals surface area contributed by atoms with Crippen molar-refractivity contribution in [2.24, 2.45) is 0 Å². The van der Waals surface area contributed by atoms with Crippen LogP contribution in [0.25, 0.3) is 0 Å². The van der Waals surface area contributed by atoms with Gasteiger partial charge in [-0.25, -0.2) is 0 Å². The first-order valence-corrected chi connectivity index (χ1v) is 7.41. The van der Waals surface area contributed by atoms with E-state index in [1.54, 1.807) is 0 Å². The van der Waals surface area contributed by atoms with Gasteiger partial charge in [0.25, 0.3) is 0 Å². The van der Waals surface area contributed by atoms with Crippen LogP contribution in [0, 0.1) is 0 Å². The van der Waals surface area contributed by atoms with E-state index in [9.17, 15) is 0 Å². The largest absolute Gasteiger partial charge is 0.304 e. The zero-order valence-electron chi connectivity index (χ0n) is 12.4. The van der Waals surface area contributed by atoms with E-state index in [1.807, 2.05) is 24.3 Å². The van der Waals surface area contributed by atoms with Crippen LogP contribution >= 0.6 is 0 Å². The van der Waals surface area contributed by atoms with Gasteiger partial charge in [0.15, 0.2) is 0 Å². The first kappa shape index (κ1) is 15.3. The Morgan fingerprint density at radius 1 is 0.714 bits per heavy atom. The zero-order valence-corrected chi connectivity index (χ0v) is 12.4. The van der Waals surface area contributed by atoms with Crippen molar-refractivity contribution in [1.29, 1.82) is 0 Å². The molecule has 2 unspecified atom stereocenters. The van der Waals surface area contributed by atoms with Crippen LogP contribution in [0.4, 0.5) is 0 Å². The molecule has 0 radical (unpaired) electrons. The molecule has 2 atom stereocenters. The number of benzene rings is 2. The van der Waals surface area contributed by atoms with Crippen molar-refractivity contribution in [2.45, 2.75) is 24.9 Å². The molecule has 2 aromatic rings. The molecule has 0 heterocycles. The maximum Gasteiger partial charge on any atom is 0.0293 e. The first-order chi connectivity index (χ1) is 10.3. The highest BCUT2D eigenvalue weighted by atomic mass is 14.9. The first-order valence-electron chi connectivity index (χ1n) is 7.41. The summed E-state index contributed by atoms with van der Waals surface area (Å²) >= 11 is 0. The van der Waals surface area contributed by atoms with E-state index < -0.39 is 0 Å². The lowest BCUT2D eigenvalue weighted by Gasteiger charge is -2.21. The minimum Gasteiger partial charge on any atom is -0.304 e. The second kappa shape index (κ2) is 8.23. The Morgan fingerprint density at radius 2 is 1.10 bits per heavy atom. The Hall–Kier alpha value is -2.12. The van der Waals surface area contributed by atoms with Crippen LogP contribution in [0.5, 0.6) is 0 Å². The van der Waals surface area contributed by atoms with Crippen LogP contribution in [-0.2, 0) is 12.8 Å². The highest BCUT2D eigenvalue weighted by molar-refractivity contribution is 5.19. The third kappa shape index (κ3) is 5.05. The van der Waals surface area contributed by atoms with E-state index in [4.69, 9.17) is 0 Å². The molecule has 0 saturated carbocycles. The third-order valence-electron chi connectivity index (χ3n) is 3.59. The van der Waals surface area contributed by atoms with Crippen molar-refractivity contribution in [3.63, 3.8) is 0 Å².